The second-order valence-corrected chi connectivity index (χ2v) is 4.87. The van der Waals surface area contributed by atoms with Gasteiger partial charge < -0.3 is 21.1 Å². The average molecular weight is 273 g/mol. The molecular formula is C12H23N3O4. The second-order valence-electron chi connectivity index (χ2n) is 4.87. The number of amides is 3. The number of hydrogen-bond donors (Lipinski definition) is 4. The monoisotopic (exact) mass is 273 g/mol. The van der Waals surface area contributed by atoms with Crippen LogP contribution in [0.4, 0.5) is 4.79 Å². The summed E-state index contributed by atoms with van der Waals surface area (Å²) in [7, 11) is 0. The van der Waals surface area contributed by atoms with E-state index in [1.54, 1.807) is 0 Å². The Kier molecular flexibility index (Phi) is 8.32. The third kappa shape index (κ3) is 11.1. The Bertz CT molecular complexity index is 318. The van der Waals surface area contributed by atoms with Crippen molar-refractivity contribution in [2.75, 3.05) is 13.1 Å². The molecular weight excluding hydrogens is 250 g/mol. The van der Waals surface area contributed by atoms with Crippen LogP contribution in [0.5, 0.6) is 0 Å². The maximum absolute atomic E-state index is 11.4. The van der Waals surface area contributed by atoms with Gasteiger partial charge in [-0.3, -0.25) is 9.59 Å². The Morgan fingerprint density at radius 1 is 1.00 bits per heavy atom. The van der Waals surface area contributed by atoms with Gasteiger partial charge in [0.25, 0.3) is 0 Å². The molecule has 19 heavy (non-hydrogen) atoms. The minimum atomic E-state index is -1.12. The highest BCUT2D eigenvalue weighted by Gasteiger charge is 2.09. The lowest BCUT2D eigenvalue weighted by atomic mass is 10.0. The van der Waals surface area contributed by atoms with Crippen LogP contribution in [0, 0.1) is 5.92 Å². The molecule has 1 atom stereocenters. The summed E-state index contributed by atoms with van der Waals surface area (Å²) in [6.07, 6.45) is 1.89. The summed E-state index contributed by atoms with van der Waals surface area (Å²) in [5.41, 5.74) is 0. The molecule has 0 bridgehead atoms. The van der Waals surface area contributed by atoms with Gasteiger partial charge in [-0.25, -0.2) is 4.79 Å². The zero-order valence-corrected chi connectivity index (χ0v) is 11.7. The van der Waals surface area contributed by atoms with Crippen molar-refractivity contribution in [3.8, 4) is 0 Å². The first-order valence-electron chi connectivity index (χ1n) is 6.34. The van der Waals surface area contributed by atoms with Crippen LogP contribution in [-0.4, -0.2) is 42.1 Å². The van der Waals surface area contributed by atoms with E-state index in [1.165, 1.54) is 0 Å². The van der Waals surface area contributed by atoms with E-state index >= 15 is 0 Å². The molecule has 0 rings (SSSR count). The molecule has 0 aliphatic heterocycles. The SMILES string of the molecule is CC(C)CCC(C)NC(=O)NCC(=O)NCC(=O)O. The van der Waals surface area contributed by atoms with E-state index in [2.05, 4.69) is 29.8 Å². The molecule has 0 aromatic rings. The molecule has 0 aromatic carbocycles. The fourth-order valence-corrected chi connectivity index (χ4v) is 1.33. The summed E-state index contributed by atoms with van der Waals surface area (Å²) >= 11 is 0. The summed E-state index contributed by atoms with van der Waals surface area (Å²) in [4.78, 5) is 32.8. The van der Waals surface area contributed by atoms with Crippen molar-refractivity contribution in [3.05, 3.63) is 0 Å². The molecule has 1 unspecified atom stereocenters. The lowest BCUT2D eigenvalue weighted by molar-refractivity contribution is -0.137. The van der Waals surface area contributed by atoms with Crippen molar-refractivity contribution in [2.45, 2.75) is 39.7 Å². The molecule has 7 heteroatoms. The van der Waals surface area contributed by atoms with E-state index in [9.17, 15) is 14.4 Å². The van der Waals surface area contributed by atoms with Gasteiger partial charge in [-0.2, -0.15) is 0 Å². The Morgan fingerprint density at radius 2 is 1.63 bits per heavy atom. The van der Waals surface area contributed by atoms with Crippen molar-refractivity contribution in [2.24, 2.45) is 5.92 Å². The van der Waals surface area contributed by atoms with E-state index in [4.69, 9.17) is 5.11 Å². The molecule has 0 fully saturated rings. The molecule has 4 N–H and O–H groups in total. The normalized spacial score (nSPS) is 11.8. The number of hydrogen-bond acceptors (Lipinski definition) is 3. The van der Waals surface area contributed by atoms with Crippen molar-refractivity contribution in [1.29, 1.82) is 0 Å². The topological polar surface area (TPSA) is 108 Å². The highest BCUT2D eigenvalue weighted by Crippen LogP contribution is 2.05. The van der Waals surface area contributed by atoms with Crippen LogP contribution in [0.1, 0.15) is 33.6 Å². The van der Waals surface area contributed by atoms with Crippen LogP contribution in [0.2, 0.25) is 0 Å². The van der Waals surface area contributed by atoms with Crippen molar-refractivity contribution in [3.63, 3.8) is 0 Å². The van der Waals surface area contributed by atoms with Gasteiger partial charge in [-0.1, -0.05) is 13.8 Å². The number of rotatable bonds is 8. The summed E-state index contributed by atoms with van der Waals surface area (Å²) in [6.45, 7) is 5.43. The smallest absolute Gasteiger partial charge is 0.322 e. The molecule has 0 radical (unpaired) electrons. The zero-order valence-electron chi connectivity index (χ0n) is 11.7. The third-order valence-electron chi connectivity index (χ3n) is 2.40. The highest BCUT2D eigenvalue weighted by atomic mass is 16.4. The number of carbonyl (C=O) groups is 3. The zero-order chi connectivity index (χ0) is 14.8. The van der Waals surface area contributed by atoms with Gasteiger partial charge in [0.2, 0.25) is 5.91 Å². The number of urea groups is 1. The van der Waals surface area contributed by atoms with E-state index in [1.807, 2.05) is 6.92 Å². The molecule has 0 aliphatic carbocycles. The van der Waals surface area contributed by atoms with Crippen molar-refractivity contribution >= 4 is 17.9 Å². The molecule has 3 amide bonds. The fourth-order valence-electron chi connectivity index (χ4n) is 1.33. The van der Waals surface area contributed by atoms with Crippen LogP contribution in [-0.2, 0) is 9.59 Å². The van der Waals surface area contributed by atoms with E-state index in [0.29, 0.717) is 5.92 Å². The third-order valence-corrected chi connectivity index (χ3v) is 2.40. The lowest BCUT2D eigenvalue weighted by Gasteiger charge is -2.15. The molecule has 0 aromatic heterocycles. The minimum absolute atomic E-state index is 0.0319. The summed E-state index contributed by atoms with van der Waals surface area (Å²) in [5.74, 6) is -1.08. The maximum Gasteiger partial charge on any atom is 0.322 e. The van der Waals surface area contributed by atoms with E-state index in [0.717, 1.165) is 12.8 Å². The van der Waals surface area contributed by atoms with Gasteiger partial charge in [0.15, 0.2) is 0 Å². The fraction of sp³-hybridized carbons (Fsp3) is 0.750. The van der Waals surface area contributed by atoms with Crippen LogP contribution in [0.3, 0.4) is 0 Å². The number of nitrogens with one attached hydrogen (secondary N) is 3. The summed E-state index contributed by atoms with van der Waals surface area (Å²) in [5, 5.41) is 15.6. The number of carboxylic acid groups (broad SMARTS) is 1. The first-order valence-corrected chi connectivity index (χ1v) is 6.34. The summed E-state index contributed by atoms with van der Waals surface area (Å²) in [6, 6.07) is -0.397. The Balaban J connectivity index is 3.74. The van der Waals surface area contributed by atoms with Crippen molar-refractivity contribution < 1.29 is 19.5 Å². The molecule has 0 spiro atoms. The Morgan fingerprint density at radius 3 is 2.16 bits per heavy atom. The van der Waals surface area contributed by atoms with E-state index in [-0.39, 0.29) is 12.6 Å². The van der Waals surface area contributed by atoms with Crippen molar-refractivity contribution in [1.82, 2.24) is 16.0 Å². The van der Waals surface area contributed by atoms with Crippen LogP contribution in [0.25, 0.3) is 0 Å². The van der Waals surface area contributed by atoms with Gasteiger partial charge in [0.1, 0.15) is 6.54 Å². The first kappa shape index (κ1) is 17.2. The van der Waals surface area contributed by atoms with Crippen LogP contribution in [0.15, 0.2) is 0 Å². The van der Waals surface area contributed by atoms with Gasteiger partial charge in [0, 0.05) is 6.04 Å². The second kappa shape index (κ2) is 9.18. The van der Waals surface area contributed by atoms with Gasteiger partial charge in [0.05, 0.1) is 6.54 Å². The van der Waals surface area contributed by atoms with Gasteiger partial charge >= 0.3 is 12.0 Å². The molecule has 0 aliphatic rings. The molecule has 0 heterocycles. The quantitative estimate of drug-likeness (QED) is 0.510. The Hall–Kier alpha value is -1.79. The maximum atomic E-state index is 11.4. The molecule has 0 saturated heterocycles. The Labute approximate surface area is 113 Å². The first-order chi connectivity index (χ1) is 8.81. The van der Waals surface area contributed by atoms with Gasteiger partial charge in [-0.15, -0.1) is 0 Å². The number of carbonyl (C=O) groups excluding carboxylic acids is 2. The highest BCUT2D eigenvalue weighted by molar-refractivity contribution is 5.86. The number of aliphatic carboxylic acids is 1. The lowest BCUT2D eigenvalue weighted by Crippen LogP contribution is -2.45. The summed E-state index contributed by atoms with van der Waals surface area (Å²) < 4.78 is 0. The minimum Gasteiger partial charge on any atom is -0.480 e. The van der Waals surface area contributed by atoms with E-state index < -0.39 is 24.5 Å². The predicted octanol–water partition coefficient (Wildman–Crippen LogP) is 0.311. The molecule has 7 nitrogen and oxygen atoms in total. The molecule has 110 valence electrons. The van der Waals surface area contributed by atoms with Crippen LogP contribution >= 0.6 is 0 Å². The number of carboxylic acids is 1. The molecule has 0 saturated carbocycles. The predicted molar refractivity (Wildman–Crippen MR) is 70.7 cm³/mol. The standard InChI is InChI=1S/C12H23N3O4/c1-8(2)4-5-9(3)15-12(19)14-6-10(16)13-7-11(17)18/h8-9H,4-7H2,1-3H3,(H,13,16)(H,17,18)(H2,14,15,19). The largest absolute Gasteiger partial charge is 0.480 e. The average Bonchev–Trinajstić information content (AvgIpc) is 2.31. The van der Waals surface area contributed by atoms with Gasteiger partial charge in [-0.05, 0) is 25.7 Å². The van der Waals surface area contributed by atoms with Crippen LogP contribution < -0.4 is 16.0 Å².